The second kappa shape index (κ2) is 9.02. The van der Waals surface area contributed by atoms with E-state index in [9.17, 15) is 0 Å². The summed E-state index contributed by atoms with van der Waals surface area (Å²) in [4.78, 5) is 6.53. The third-order valence-electron chi connectivity index (χ3n) is 4.77. The molecule has 0 amide bonds. The number of nitriles is 1. The lowest BCUT2D eigenvalue weighted by molar-refractivity contribution is 0.646. The van der Waals surface area contributed by atoms with E-state index in [0.717, 1.165) is 37.6 Å². The molecule has 5 heteroatoms. The highest BCUT2D eigenvalue weighted by Gasteiger charge is 2.10. The van der Waals surface area contributed by atoms with Crippen LogP contribution in [-0.2, 0) is 20.1 Å². The lowest BCUT2D eigenvalue weighted by atomic mass is 10.1. The molecule has 3 aromatic rings. The highest BCUT2D eigenvalue weighted by atomic mass is 15.2. The van der Waals surface area contributed by atoms with Gasteiger partial charge in [0.1, 0.15) is 0 Å². The summed E-state index contributed by atoms with van der Waals surface area (Å²) in [7, 11) is 2.01. The van der Waals surface area contributed by atoms with Crippen molar-refractivity contribution in [2.24, 2.45) is 7.05 Å². The molecule has 1 aromatic heterocycles. The molecule has 0 bridgehead atoms. The Morgan fingerprint density at radius 2 is 1.93 bits per heavy atom. The fourth-order valence-corrected chi connectivity index (χ4v) is 3.02. The molecule has 0 fully saturated rings. The Hall–Kier alpha value is -3.10. The van der Waals surface area contributed by atoms with Crippen LogP contribution in [0.3, 0.4) is 0 Å². The summed E-state index contributed by atoms with van der Waals surface area (Å²) in [5, 5.41) is 12.6. The first-order valence-corrected chi connectivity index (χ1v) is 9.13. The van der Waals surface area contributed by atoms with Crippen molar-refractivity contribution < 1.29 is 0 Å². The van der Waals surface area contributed by atoms with Gasteiger partial charge in [-0.15, -0.1) is 0 Å². The quantitative estimate of drug-likeness (QED) is 0.626. The fourth-order valence-electron chi connectivity index (χ4n) is 3.02. The number of rotatable bonds is 8. The normalized spacial score (nSPS) is 10.6. The summed E-state index contributed by atoms with van der Waals surface area (Å²) < 4.78 is 2.04. The zero-order valence-corrected chi connectivity index (χ0v) is 15.9. The molecule has 1 heterocycles. The van der Waals surface area contributed by atoms with Gasteiger partial charge in [-0.3, -0.25) is 0 Å². The van der Waals surface area contributed by atoms with E-state index in [-0.39, 0.29) is 0 Å². The van der Waals surface area contributed by atoms with E-state index in [1.165, 1.54) is 11.1 Å². The van der Waals surface area contributed by atoms with Gasteiger partial charge in [-0.25, -0.2) is 4.98 Å². The Morgan fingerprint density at radius 1 is 1.15 bits per heavy atom. The Bertz CT molecular complexity index is 905. The van der Waals surface area contributed by atoms with E-state index >= 15 is 0 Å². The number of anilines is 1. The maximum absolute atomic E-state index is 9.03. The smallest absolute Gasteiger partial charge is 0.0991 e. The number of benzene rings is 2. The minimum atomic E-state index is 0.678. The maximum Gasteiger partial charge on any atom is 0.0991 e. The molecule has 0 radical (unpaired) electrons. The van der Waals surface area contributed by atoms with Crippen molar-refractivity contribution in [1.82, 2.24) is 14.9 Å². The Morgan fingerprint density at radius 3 is 2.59 bits per heavy atom. The van der Waals surface area contributed by atoms with Crippen molar-refractivity contribution in [3.05, 3.63) is 83.4 Å². The second-order valence-corrected chi connectivity index (χ2v) is 6.68. The van der Waals surface area contributed by atoms with E-state index < -0.39 is 0 Å². The van der Waals surface area contributed by atoms with Gasteiger partial charge in [0, 0.05) is 38.6 Å². The van der Waals surface area contributed by atoms with Gasteiger partial charge in [0.25, 0.3) is 0 Å². The molecule has 0 aliphatic carbocycles. The molecule has 0 saturated carbocycles. The summed E-state index contributed by atoms with van der Waals surface area (Å²) in [6.07, 6.45) is 3.72. The van der Waals surface area contributed by atoms with Gasteiger partial charge in [0.15, 0.2) is 0 Å². The number of hydrogen-bond acceptors (Lipinski definition) is 4. The first-order valence-electron chi connectivity index (χ1n) is 9.13. The van der Waals surface area contributed by atoms with Crippen LogP contribution in [0.5, 0.6) is 0 Å². The van der Waals surface area contributed by atoms with Crippen LogP contribution in [0, 0.1) is 18.3 Å². The Kier molecular flexibility index (Phi) is 6.24. The van der Waals surface area contributed by atoms with Crippen LogP contribution in [0.15, 0.2) is 61.1 Å². The van der Waals surface area contributed by atoms with Crippen LogP contribution < -0.4 is 10.2 Å². The number of aryl methyl sites for hydroxylation is 2. The molecule has 2 aromatic carbocycles. The molecular formula is C22H25N5. The molecule has 0 saturated heterocycles. The van der Waals surface area contributed by atoms with Crippen LogP contribution in [0.1, 0.15) is 22.4 Å². The predicted octanol–water partition coefficient (Wildman–Crippen LogP) is 3.40. The van der Waals surface area contributed by atoms with E-state index in [4.69, 9.17) is 5.26 Å². The molecule has 0 spiro atoms. The van der Waals surface area contributed by atoms with Crippen molar-refractivity contribution in [3.8, 4) is 6.07 Å². The van der Waals surface area contributed by atoms with Crippen molar-refractivity contribution in [2.75, 3.05) is 18.0 Å². The number of aromatic nitrogens is 2. The summed E-state index contributed by atoms with van der Waals surface area (Å²) in [6.45, 7) is 5.51. The SMILES string of the molecule is Cc1ccccc1CNCCN(Cc1cncn1C)c1ccc(C#N)cc1. The standard InChI is InChI=1S/C22H25N5/c1-18-5-3-4-6-20(18)14-24-11-12-27(16-22-15-25-17-26(22)2)21-9-7-19(13-23)8-10-21/h3-10,15,17,24H,11-12,14,16H2,1-2H3. The number of nitrogens with one attached hydrogen (secondary N) is 1. The minimum Gasteiger partial charge on any atom is -0.364 e. The molecule has 138 valence electrons. The fraction of sp³-hybridized carbons (Fsp3) is 0.273. The van der Waals surface area contributed by atoms with Gasteiger partial charge in [-0.05, 0) is 42.3 Å². The summed E-state index contributed by atoms with van der Waals surface area (Å²) >= 11 is 0. The molecule has 0 unspecified atom stereocenters. The lowest BCUT2D eigenvalue weighted by Crippen LogP contribution is -2.32. The second-order valence-electron chi connectivity index (χ2n) is 6.68. The molecule has 0 aliphatic rings. The van der Waals surface area contributed by atoms with E-state index in [1.54, 1.807) is 0 Å². The third kappa shape index (κ3) is 4.96. The van der Waals surface area contributed by atoms with Gasteiger partial charge in [0.2, 0.25) is 0 Å². The zero-order chi connectivity index (χ0) is 19.1. The van der Waals surface area contributed by atoms with E-state index in [2.05, 4.69) is 52.5 Å². The highest BCUT2D eigenvalue weighted by Crippen LogP contribution is 2.17. The molecule has 27 heavy (non-hydrogen) atoms. The van der Waals surface area contributed by atoms with Crippen LogP contribution >= 0.6 is 0 Å². The van der Waals surface area contributed by atoms with E-state index in [0.29, 0.717) is 5.56 Å². The van der Waals surface area contributed by atoms with Crippen LogP contribution in [0.4, 0.5) is 5.69 Å². The van der Waals surface area contributed by atoms with E-state index in [1.807, 2.05) is 48.4 Å². The van der Waals surface area contributed by atoms with Crippen LogP contribution in [-0.4, -0.2) is 22.6 Å². The Labute approximate surface area is 160 Å². The first-order chi connectivity index (χ1) is 13.2. The van der Waals surface area contributed by atoms with Gasteiger partial charge >= 0.3 is 0 Å². The zero-order valence-electron chi connectivity index (χ0n) is 15.9. The van der Waals surface area contributed by atoms with Crippen molar-refractivity contribution in [1.29, 1.82) is 5.26 Å². The van der Waals surface area contributed by atoms with Crippen molar-refractivity contribution in [2.45, 2.75) is 20.0 Å². The van der Waals surface area contributed by atoms with Gasteiger partial charge in [-0.1, -0.05) is 24.3 Å². The van der Waals surface area contributed by atoms with Crippen molar-refractivity contribution >= 4 is 5.69 Å². The average molecular weight is 359 g/mol. The van der Waals surface area contributed by atoms with Crippen LogP contribution in [0.2, 0.25) is 0 Å². The molecule has 3 rings (SSSR count). The molecule has 0 aliphatic heterocycles. The maximum atomic E-state index is 9.03. The van der Waals surface area contributed by atoms with Crippen LogP contribution in [0.25, 0.3) is 0 Å². The molecular weight excluding hydrogens is 334 g/mol. The largest absolute Gasteiger partial charge is 0.364 e. The Balaban J connectivity index is 1.65. The molecule has 1 N–H and O–H groups in total. The van der Waals surface area contributed by atoms with Crippen molar-refractivity contribution in [3.63, 3.8) is 0 Å². The third-order valence-corrected chi connectivity index (χ3v) is 4.77. The topological polar surface area (TPSA) is 56.9 Å². The molecule has 5 nitrogen and oxygen atoms in total. The number of hydrogen-bond donors (Lipinski definition) is 1. The number of nitrogens with zero attached hydrogens (tertiary/aromatic N) is 4. The average Bonchev–Trinajstić information content (AvgIpc) is 3.10. The summed E-state index contributed by atoms with van der Waals surface area (Å²) in [6, 6.07) is 18.4. The monoisotopic (exact) mass is 359 g/mol. The van der Waals surface area contributed by atoms with Gasteiger partial charge in [-0.2, -0.15) is 5.26 Å². The lowest BCUT2D eigenvalue weighted by Gasteiger charge is -2.25. The highest BCUT2D eigenvalue weighted by molar-refractivity contribution is 5.50. The minimum absolute atomic E-state index is 0.678. The summed E-state index contributed by atoms with van der Waals surface area (Å²) in [5.41, 5.74) is 5.57. The van der Waals surface area contributed by atoms with Gasteiger partial charge < -0.3 is 14.8 Å². The molecule has 0 atom stereocenters. The number of imidazole rings is 1. The van der Waals surface area contributed by atoms with Gasteiger partial charge in [0.05, 0.1) is 30.2 Å². The summed E-state index contributed by atoms with van der Waals surface area (Å²) in [5.74, 6) is 0. The first kappa shape index (κ1) is 18.7. The predicted molar refractivity (Wildman–Crippen MR) is 108 cm³/mol.